The Morgan fingerprint density at radius 3 is 2.50 bits per heavy atom. The Balaban J connectivity index is 1.77. The minimum atomic E-state index is -0.280. The van der Waals surface area contributed by atoms with E-state index in [4.69, 9.17) is 4.74 Å². The number of methoxy groups -OCH3 is 1. The summed E-state index contributed by atoms with van der Waals surface area (Å²) in [7, 11) is 1.58. The molecule has 0 unspecified atom stereocenters. The molecule has 3 aromatic rings. The number of carbonyl (C=O) groups is 1. The van der Waals surface area contributed by atoms with E-state index in [9.17, 15) is 4.79 Å². The first-order valence-corrected chi connectivity index (χ1v) is 10.7. The van der Waals surface area contributed by atoms with Crippen LogP contribution in [0.2, 0.25) is 0 Å². The van der Waals surface area contributed by atoms with E-state index in [1.54, 1.807) is 25.5 Å². The lowest BCUT2D eigenvalue weighted by molar-refractivity contribution is 0.0954. The number of carbonyl (C=O) groups excluding carboxylic acids is 1. The van der Waals surface area contributed by atoms with Gasteiger partial charge in [0.1, 0.15) is 5.75 Å². The lowest BCUT2D eigenvalue weighted by Crippen LogP contribution is -2.17. The van der Waals surface area contributed by atoms with Gasteiger partial charge in [-0.15, -0.1) is 0 Å². The zero-order valence-corrected chi connectivity index (χ0v) is 20.0. The molecular formula is C21H19I2N3O2. The fourth-order valence-electron chi connectivity index (χ4n) is 2.93. The second-order valence-electron chi connectivity index (χ2n) is 6.19. The van der Waals surface area contributed by atoms with Crippen LogP contribution in [0.25, 0.3) is 5.69 Å². The first-order valence-electron chi connectivity index (χ1n) is 8.52. The summed E-state index contributed by atoms with van der Waals surface area (Å²) >= 11 is 4.46. The second kappa shape index (κ2) is 9.08. The topological polar surface area (TPSA) is 55.6 Å². The van der Waals surface area contributed by atoms with Gasteiger partial charge in [-0.3, -0.25) is 4.79 Å². The maximum absolute atomic E-state index is 12.3. The zero-order valence-electron chi connectivity index (χ0n) is 15.7. The monoisotopic (exact) mass is 599 g/mol. The van der Waals surface area contributed by atoms with Crippen molar-refractivity contribution in [3.63, 3.8) is 0 Å². The number of amides is 1. The molecule has 1 N–H and O–H groups in total. The van der Waals surface area contributed by atoms with Crippen molar-refractivity contribution >= 4 is 57.3 Å². The molecule has 0 saturated carbocycles. The number of nitrogens with one attached hydrogen (secondary N) is 1. The molecule has 7 heteroatoms. The van der Waals surface area contributed by atoms with E-state index in [0.29, 0.717) is 11.3 Å². The molecule has 3 rings (SSSR count). The van der Waals surface area contributed by atoms with Crippen molar-refractivity contribution in [3.8, 4) is 11.4 Å². The summed E-state index contributed by atoms with van der Waals surface area (Å²) in [6.45, 7) is 4.09. The molecule has 0 saturated heterocycles. The highest BCUT2D eigenvalue weighted by molar-refractivity contribution is 14.1. The third kappa shape index (κ3) is 4.57. The van der Waals surface area contributed by atoms with Crippen LogP contribution < -0.4 is 10.2 Å². The highest BCUT2D eigenvalue weighted by Gasteiger charge is 2.11. The van der Waals surface area contributed by atoms with Crippen LogP contribution in [0.5, 0.6) is 5.75 Å². The molecular weight excluding hydrogens is 580 g/mol. The van der Waals surface area contributed by atoms with Gasteiger partial charge in [0.05, 0.1) is 16.9 Å². The maximum Gasteiger partial charge on any atom is 0.271 e. The minimum Gasteiger partial charge on any atom is -0.496 e. The van der Waals surface area contributed by atoms with Gasteiger partial charge < -0.3 is 9.30 Å². The number of hydrogen-bond donors (Lipinski definition) is 1. The van der Waals surface area contributed by atoms with Crippen LogP contribution in [0.4, 0.5) is 0 Å². The standard InChI is InChI=1S/C21H19I2N3O2/c1-13-10-16(14(2)26(13)18-7-5-17(22)6-8-18)12-24-25-21(27)15-4-9-19(23)20(11-15)28-3/h4-12H,1-3H3,(H,25,27)/b24-12+. The van der Waals surface area contributed by atoms with Crippen molar-refractivity contribution in [1.82, 2.24) is 9.99 Å². The predicted molar refractivity (Wildman–Crippen MR) is 129 cm³/mol. The van der Waals surface area contributed by atoms with E-state index in [-0.39, 0.29) is 5.91 Å². The van der Waals surface area contributed by atoms with Crippen LogP contribution in [0, 0.1) is 21.0 Å². The summed E-state index contributed by atoms with van der Waals surface area (Å²) in [6.07, 6.45) is 1.67. The van der Waals surface area contributed by atoms with Gasteiger partial charge in [-0.1, -0.05) is 0 Å². The Bertz CT molecular complexity index is 1040. The Hall–Kier alpha value is -1.88. The van der Waals surface area contributed by atoms with E-state index in [2.05, 4.69) is 97.5 Å². The van der Waals surface area contributed by atoms with Crippen molar-refractivity contribution < 1.29 is 9.53 Å². The van der Waals surface area contributed by atoms with Crippen molar-refractivity contribution in [1.29, 1.82) is 0 Å². The first-order chi connectivity index (χ1) is 13.4. The molecule has 0 aliphatic heterocycles. The normalized spacial score (nSPS) is 11.0. The molecule has 0 bridgehead atoms. The third-order valence-electron chi connectivity index (χ3n) is 4.34. The maximum atomic E-state index is 12.3. The highest BCUT2D eigenvalue weighted by Crippen LogP contribution is 2.22. The number of hydrazone groups is 1. The fraction of sp³-hybridized carbons (Fsp3) is 0.143. The molecule has 1 aromatic heterocycles. The Morgan fingerprint density at radius 2 is 1.82 bits per heavy atom. The van der Waals surface area contributed by atoms with Crippen molar-refractivity contribution in [2.45, 2.75) is 13.8 Å². The van der Waals surface area contributed by atoms with Gasteiger partial charge in [-0.2, -0.15) is 5.10 Å². The largest absolute Gasteiger partial charge is 0.496 e. The molecule has 0 fully saturated rings. The summed E-state index contributed by atoms with van der Waals surface area (Å²) < 4.78 is 9.57. The lowest BCUT2D eigenvalue weighted by Gasteiger charge is -2.09. The van der Waals surface area contributed by atoms with Gasteiger partial charge in [0.25, 0.3) is 5.91 Å². The van der Waals surface area contributed by atoms with E-state index < -0.39 is 0 Å². The van der Waals surface area contributed by atoms with Crippen LogP contribution >= 0.6 is 45.2 Å². The number of ether oxygens (including phenoxy) is 1. The molecule has 0 atom stereocenters. The van der Waals surface area contributed by atoms with Gasteiger partial charge in [0, 0.05) is 31.8 Å². The highest BCUT2D eigenvalue weighted by atomic mass is 127. The molecule has 5 nitrogen and oxygen atoms in total. The molecule has 0 aliphatic carbocycles. The molecule has 0 aliphatic rings. The molecule has 28 heavy (non-hydrogen) atoms. The number of nitrogens with zero attached hydrogens (tertiary/aromatic N) is 2. The third-order valence-corrected chi connectivity index (χ3v) is 5.95. The van der Waals surface area contributed by atoms with E-state index in [1.165, 1.54) is 3.57 Å². The Kier molecular flexibility index (Phi) is 6.76. The van der Waals surface area contributed by atoms with Crippen LogP contribution in [0.15, 0.2) is 53.6 Å². The van der Waals surface area contributed by atoms with Crippen LogP contribution in [-0.2, 0) is 0 Å². The molecule has 144 valence electrons. The molecule has 1 heterocycles. The van der Waals surface area contributed by atoms with E-state index in [0.717, 1.165) is 26.2 Å². The van der Waals surface area contributed by atoms with Gasteiger partial charge in [0.15, 0.2) is 0 Å². The van der Waals surface area contributed by atoms with Crippen LogP contribution in [0.1, 0.15) is 27.3 Å². The van der Waals surface area contributed by atoms with Gasteiger partial charge in [-0.05, 0) is 108 Å². The number of rotatable bonds is 5. The average Bonchev–Trinajstić information content (AvgIpc) is 2.96. The molecule has 0 radical (unpaired) electrons. The summed E-state index contributed by atoms with van der Waals surface area (Å²) in [5, 5.41) is 4.14. The Labute approximate surface area is 191 Å². The van der Waals surface area contributed by atoms with Crippen molar-refractivity contribution in [2.24, 2.45) is 5.10 Å². The number of aryl methyl sites for hydroxylation is 1. The smallest absolute Gasteiger partial charge is 0.271 e. The zero-order chi connectivity index (χ0) is 20.3. The van der Waals surface area contributed by atoms with Crippen molar-refractivity contribution in [3.05, 3.63) is 78.2 Å². The predicted octanol–water partition coefficient (Wildman–Crippen LogP) is 5.08. The summed E-state index contributed by atoms with van der Waals surface area (Å²) in [4.78, 5) is 12.3. The summed E-state index contributed by atoms with van der Waals surface area (Å²) in [6, 6.07) is 15.7. The van der Waals surface area contributed by atoms with Gasteiger partial charge in [-0.25, -0.2) is 5.43 Å². The van der Waals surface area contributed by atoms with E-state index >= 15 is 0 Å². The summed E-state index contributed by atoms with van der Waals surface area (Å²) in [5.74, 6) is 0.385. The molecule has 2 aromatic carbocycles. The van der Waals surface area contributed by atoms with Gasteiger partial charge in [0.2, 0.25) is 0 Å². The SMILES string of the molecule is COc1cc(C(=O)N/N=C/c2cc(C)n(-c3ccc(I)cc3)c2C)ccc1I. The van der Waals surface area contributed by atoms with Crippen LogP contribution in [-0.4, -0.2) is 23.8 Å². The Morgan fingerprint density at radius 1 is 1.11 bits per heavy atom. The average molecular weight is 599 g/mol. The van der Waals surface area contributed by atoms with Crippen molar-refractivity contribution in [2.75, 3.05) is 7.11 Å². The number of aromatic nitrogens is 1. The second-order valence-corrected chi connectivity index (χ2v) is 8.59. The molecule has 0 spiro atoms. The number of halogens is 2. The minimum absolute atomic E-state index is 0.280. The number of hydrogen-bond acceptors (Lipinski definition) is 3. The molecule has 1 amide bonds. The number of benzene rings is 2. The lowest BCUT2D eigenvalue weighted by atomic mass is 10.2. The van der Waals surface area contributed by atoms with Crippen LogP contribution in [0.3, 0.4) is 0 Å². The fourth-order valence-corrected chi connectivity index (χ4v) is 3.85. The summed E-state index contributed by atoms with van der Waals surface area (Å²) in [5.41, 5.74) is 7.31. The van der Waals surface area contributed by atoms with Gasteiger partial charge >= 0.3 is 0 Å². The van der Waals surface area contributed by atoms with E-state index in [1.807, 2.05) is 13.0 Å². The quantitative estimate of drug-likeness (QED) is 0.253. The first kappa shape index (κ1) is 20.8.